The van der Waals surface area contributed by atoms with Crippen molar-refractivity contribution in [2.24, 2.45) is 21.8 Å². The predicted molar refractivity (Wildman–Crippen MR) is 91.0 cm³/mol. The van der Waals surface area contributed by atoms with Crippen LogP contribution in [0.3, 0.4) is 0 Å². The topological polar surface area (TPSA) is 77.6 Å². The van der Waals surface area contributed by atoms with E-state index in [9.17, 15) is 10.1 Å². The minimum atomic E-state index is -0.396. The molecule has 0 spiro atoms. The smallest absolute Gasteiger partial charge is 0.260 e. The van der Waals surface area contributed by atoms with Crippen LogP contribution in [0.25, 0.3) is 0 Å². The Morgan fingerprint density at radius 3 is 2.75 bits per heavy atom. The van der Waals surface area contributed by atoms with Gasteiger partial charge in [0.25, 0.3) is 5.91 Å². The molecule has 2 aliphatic carbocycles. The Morgan fingerprint density at radius 1 is 1.38 bits per heavy atom. The van der Waals surface area contributed by atoms with E-state index >= 15 is 0 Å². The summed E-state index contributed by atoms with van der Waals surface area (Å²) in [5, 5.41) is 12.2. The highest BCUT2D eigenvalue weighted by Crippen LogP contribution is 2.37. The summed E-state index contributed by atoms with van der Waals surface area (Å²) in [5.74, 6) is 0.602. The third-order valence-corrected chi connectivity index (χ3v) is 5.14. The summed E-state index contributed by atoms with van der Waals surface area (Å²) in [7, 11) is 4.07. The fourth-order valence-electron chi connectivity index (χ4n) is 3.30. The number of carbonyl (C=O) groups excluding carboxylic acids is 1. The van der Waals surface area contributed by atoms with Gasteiger partial charge in [0, 0.05) is 12.1 Å². The van der Waals surface area contributed by atoms with Gasteiger partial charge in [-0.05, 0) is 31.6 Å². The molecule has 4 rings (SSSR count). The van der Waals surface area contributed by atoms with Gasteiger partial charge in [0.15, 0.2) is 5.70 Å². The van der Waals surface area contributed by atoms with Crippen LogP contribution in [0.1, 0.15) is 25.7 Å². The highest BCUT2D eigenvalue weighted by molar-refractivity contribution is 6.33. The molecule has 1 atom stereocenters. The van der Waals surface area contributed by atoms with Crippen LogP contribution in [-0.2, 0) is 4.79 Å². The number of carbonyl (C=O) groups is 1. The van der Waals surface area contributed by atoms with Crippen molar-refractivity contribution in [1.82, 2.24) is 5.32 Å². The molecule has 6 heteroatoms. The van der Waals surface area contributed by atoms with Crippen molar-refractivity contribution in [3.8, 4) is 6.07 Å². The molecule has 2 heterocycles. The molecule has 0 aromatic carbocycles. The zero-order chi connectivity index (χ0) is 16.9. The number of hydrogen-bond acceptors (Lipinski definition) is 4. The number of aliphatic imine (C=N–C) groups is 2. The van der Waals surface area contributed by atoms with Crippen molar-refractivity contribution in [3.63, 3.8) is 0 Å². The van der Waals surface area contributed by atoms with Crippen LogP contribution in [0.4, 0.5) is 0 Å². The maximum atomic E-state index is 12.8. The average molecular weight is 324 g/mol. The van der Waals surface area contributed by atoms with Gasteiger partial charge < -0.3 is 5.32 Å². The van der Waals surface area contributed by atoms with Gasteiger partial charge >= 0.3 is 0 Å². The number of likely N-dealkylation sites (N-methyl/N-ethyl adjacent to an activating group) is 1. The van der Waals surface area contributed by atoms with Crippen molar-refractivity contribution in [2.75, 3.05) is 20.6 Å². The molecule has 0 bridgehead atoms. The summed E-state index contributed by atoms with van der Waals surface area (Å²) in [6, 6.07) is 1.82. The largest absolute Gasteiger partial charge is 0.336 e. The highest BCUT2D eigenvalue weighted by Gasteiger charge is 2.41. The summed E-state index contributed by atoms with van der Waals surface area (Å²) >= 11 is 0. The Bertz CT molecular complexity index is 757. The van der Waals surface area contributed by atoms with E-state index in [4.69, 9.17) is 4.99 Å². The minimum absolute atomic E-state index is 0.189. The van der Waals surface area contributed by atoms with Crippen LogP contribution in [0, 0.1) is 23.2 Å². The Balaban J connectivity index is 1.64. The summed E-state index contributed by atoms with van der Waals surface area (Å²) < 4.78 is 0.484. The predicted octanol–water partition coefficient (Wildman–Crippen LogP) is 1.53. The van der Waals surface area contributed by atoms with Gasteiger partial charge in [-0.15, -0.1) is 0 Å². The van der Waals surface area contributed by atoms with Crippen LogP contribution < -0.4 is 5.32 Å². The average Bonchev–Trinajstić information content (AvgIpc) is 3.40. The van der Waals surface area contributed by atoms with Gasteiger partial charge in [-0.3, -0.25) is 14.3 Å². The van der Waals surface area contributed by atoms with Crippen molar-refractivity contribution in [2.45, 2.75) is 31.7 Å². The summed E-state index contributed by atoms with van der Waals surface area (Å²) in [6.45, 7) is 0.555. The second-order valence-electron chi connectivity index (χ2n) is 7.58. The number of nitriles is 1. The molecule has 2 saturated carbocycles. The zero-order valence-corrected chi connectivity index (χ0v) is 14.1. The first-order valence-electron chi connectivity index (χ1n) is 8.59. The zero-order valence-electron chi connectivity index (χ0n) is 14.1. The maximum Gasteiger partial charge on any atom is 0.260 e. The van der Waals surface area contributed by atoms with Crippen LogP contribution in [-0.4, -0.2) is 49.0 Å². The van der Waals surface area contributed by atoms with Crippen LogP contribution in [0.2, 0.25) is 0 Å². The SMILES string of the molecule is C[N+]1(C)C=C(C(=O)NC(C#N)C2CC2)C2=C1CN=CC(C1CC1)=N2. The Hall–Kier alpha value is -2.26. The molecule has 1 N–H and O–H groups in total. The molecule has 0 aromatic heterocycles. The number of hydrogen-bond donors (Lipinski definition) is 1. The van der Waals surface area contributed by atoms with E-state index in [-0.39, 0.29) is 5.91 Å². The number of quaternary nitrogens is 1. The summed E-state index contributed by atoms with van der Waals surface area (Å²) in [4.78, 5) is 22.1. The van der Waals surface area contributed by atoms with E-state index in [1.807, 2.05) is 26.5 Å². The molecular formula is C18H22N5O+. The molecular weight excluding hydrogens is 302 g/mol. The second-order valence-corrected chi connectivity index (χ2v) is 7.58. The quantitative estimate of drug-likeness (QED) is 0.796. The molecule has 124 valence electrons. The Morgan fingerprint density at radius 2 is 2.12 bits per heavy atom. The first-order chi connectivity index (χ1) is 11.5. The van der Waals surface area contributed by atoms with E-state index in [0.29, 0.717) is 28.4 Å². The molecule has 0 radical (unpaired) electrons. The first-order valence-corrected chi connectivity index (χ1v) is 8.59. The first kappa shape index (κ1) is 15.3. The fourth-order valence-corrected chi connectivity index (χ4v) is 3.30. The van der Waals surface area contributed by atoms with Gasteiger partial charge in [-0.2, -0.15) is 5.26 Å². The Labute approximate surface area is 141 Å². The van der Waals surface area contributed by atoms with Crippen molar-refractivity contribution < 1.29 is 9.28 Å². The van der Waals surface area contributed by atoms with Crippen molar-refractivity contribution in [3.05, 3.63) is 23.2 Å². The maximum absolute atomic E-state index is 12.8. The lowest BCUT2D eigenvalue weighted by Crippen LogP contribution is -2.36. The van der Waals surface area contributed by atoms with Crippen LogP contribution >= 0.6 is 0 Å². The van der Waals surface area contributed by atoms with E-state index in [0.717, 1.165) is 42.8 Å². The summed E-state index contributed by atoms with van der Waals surface area (Å²) in [5.41, 5.74) is 3.36. The lowest BCUT2D eigenvalue weighted by molar-refractivity contribution is -0.796. The van der Waals surface area contributed by atoms with Gasteiger partial charge in [-0.1, -0.05) is 0 Å². The summed E-state index contributed by atoms with van der Waals surface area (Å²) in [6.07, 6.45) is 8.13. The molecule has 2 aliphatic heterocycles. The third-order valence-electron chi connectivity index (χ3n) is 5.14. The lowest BCUT2D eigenvalue weighted by atomic mass is 10.1. The van der Waals surface area contributed by atoms with Crippen molar-refractivity contribution in [1.29, 1.82) is 5.26 Å². The van der Waals surface area contributed by atoms with E-state index in [1.54, 1.807) is 0 Å². The van der Waals surface area contributed by atoms with Gasteiger partial charge in [-0.25, -0.2) is 4.99 Å². The van der Waals surface area contributed by atoms with E-state index < -0.39 is 6.04 Å². The monoisotopic (exact) mass is 324 g/mol. The standard InChI is InChI=1S/C18H21N5O/c1-23(2)10-13(18(24)22-14(7-19)11-3-4-11)17-16(23)9-20-8-15(21-17)12-5-6-12/h8,10-12,14H,3-6,9H2,1-2H3/p+1. The normalized spacial score (nSPS) is 26.0. The molecule has 1 unspecified atom stereocenters. The molecule has 0 saturated heterocycles. The molecule has 1 amide bonds. The van der Waals surface area contributed by atoms with E-state index in [1.165, 1.54) is 0 Å². The van der Waals surface area contributed by atoms with Gasteiger partial charge in [0.05, 0.1) is 25.9 Å². The number of nitrogens with one attached hydrogen (secondary N) is 1. The van der Waals surface area contributed by atoms with Gasteiger partial charge in [0.1, 0.15) is 30.1 Å². The molecule has 24 heavy (non-hydrogen) atoms. The van der Waals surface area contributed by atoms with Crippen LogP contribution in [0.5, 0.6) is 0 Å². The molecule has 0 aromatic rings. The Kier molecular flexibility index (Phi) is 3.43. The van der Waals surface area contributed by atoms with Crippen LogP contribution in [0.15, 0.2) is 33.2 Å². The number of nitrogens with zero attached hydrogens (tertiary/aromatic N) is 4. The van der Waals surface area contributed by atoms with Crippen molar-refractivity contribution >= 4 is 17.8 Å². The number of rotatable bonds is 4. The molecule has 2 fully saturated rings. The second kappa shape index (κ2) is 5.38. The third kappa shape index (κ3) is 2.69. The van der Waals surface area contributed by atoms with E-state index in [2.05, 4.69) is 16.4 Å². The number of amides is 1. The van der Waals surface area contributed by atoms with Gasteiger partial charge in [0.2, 0.25) is 0 Å². The highest BCUT2D eigenvalue weighted by atomic mass is 16.1. The minimum Gasteiger partial charge on any atom is -0.336 e. The molecule has 4 aliphatic rings. The fraction of sp³-hybridized carbons (Fsp3) is 0.556. The lowest BCUT2D eigenvalue weighted by Gasteiger charge is -2.22. The molecule has 6 nitrogen and oxygen atoms in total.